The third kappa shape index (κ3) is 3.48. The normalized spacial score (nSPS) is 26.0. The summed E-state index contributed by atoms with van der Waals surface area (Å²) in [5.41, 5.74) is 0. The zero-order valence-electron chi connectivity index (χ0n) is 11.6. The molecule has 1 aromatic heterocycles. The third-order valence-electron chi connectivity index (χ3n) is 4.02. The van der Waals surface area contributed by atoms with Crippen molar-refractivity contribution in [1.29, 1.82) is 0 Å². The van der Waals surface area contributed by atoms with Crippen molar-refractivity contribution in [3.05, 3.63) is 28.0 Å². The molecule has 4 nitrogen and oxygen atoms in total. The van der Waals surface area contributed by atoms with Crippen LogP contribution < -0.4 is 5.32 Å². The highest BCUT2D eigenvalue weighted by Gasteiger charge is 2.31. The molecule has 2 rings (SSSR count). The van der Waals surface area contributed by atoms with Crippen LogP contribution in [0.1, 0.15) is 41.2 Å². The predicted molar refractivity (Wildman–Crippen MR) is 79.8 cm³/mol. The molecule has 0 radical (unpaired) electrons. The average molecular weight is 293 g/mol. The monoisotopic (exact) mass is 293 g/mol. The number of carboxylic acid groups (broad SMARTS) is 1. The van der Waals surface area contributed by atoms with Crippen molar-refractivity contribution in [1.82, 2.24) is 5.32 Å². The maximum absolute atomic E-state index is 12.2. The van der Waals surface area contributed by atoms with Crippen LogP contribution in [-0.4, -0.2) is 23.0 Å². The van der Waals surface area contributed by atoms with Crippen LogP contribution in [0.5, 0.6) is 0 Å². The van der Waals surface area contributed by atoms with Gasteiger partial charge >= 0.3 is 5.97 Å². The van der Waals surface area contributed by atoms with Crippen molar-refractivity contribution in [3.8, 4) is 0 Å². The number of rotatable bonds is 4. The molecule has 108 valence electrons. The molecule has 1 heterocycles. The Balaban J connectivity index is 1.98. The first kappa shape index (κ1) is 14.8. The Bertz CT molecular complexity index is 535. The standard InChI is InChI=1S/C15H19NO3S/c1-9-3-6-12(10(9)2)16-15(19)13-7-4-11(20-13)5-8-14(17)18/h4-5,7-10,12H,3,6H2,1-2H3,(H,16,19)(H,17,18). The Labute approximate surface area is 122 Å². The lowest BCUT2D eigenvalue weighted by atomic mass is 9.98. The highest BCUT2D eigenvalue weighted by Crippen LogP contribution is 2.31. The van der Waals surface area contributed by atoms with Crippen LogP contribution in [0, 0.1) is 11.8 Å². The molecule has 3 atom stereocenters. The summed E-state index contributed by atoms with van der Waals surface area (Å²) in [4.78, 5) is 24.0. The number of carboxylic acids is 1. The largest absolute Gasteiger partial charge is 0.478 e. The van der Waals surface area contributed by atoms with Gasteiger partial charge in [-0.15, -0.1) is 11.3 Å². The molecule has 1 amide bonds. The number of hydrogen-bond acceptors (Lipinski definition) is 3. The highest BCUT2D eigenvalue weighted by molar-refractivity contribution is 7.14. The summed E-state index contributed by atoms with van der Waals surface area (Å²) < 4.78 is 0. The minimum absolute atomic E-state index is 0.0593. The maximum atomic E-state index is 12.2. The number of carbonyl (C=O) groups excluding carboxylic acids is 1. The van der Waals surface area contributed by atoms with Crippen molar-refractivity contribution >= 4 is 29.3 Å². The summed E-state index contributed by atoms with van der Waals surface area (Å²) in [5, 5.41) is 11.7. The van der Waals surface area contributed by atoms with E-state index in [0.29, 0.717) is 16.7 Å². The zero-order valence-corrected chi connectivity index (χ0v) is 12.4. The summed E-state index contributed by atoms with van der Waals surface area (Å²) in [6.07, 6.45) is 4.77. The Morgan fingerprint density at radius 1 is 1.35 bits per heavy atom. The van der Waals surface area contributed by atoms with Gasteiger partial charge in [-0.25, -0.2) is 4.79 Å². The van der Waals surface area contributed by atoms with Gasteiger partial charge in [0.2, 0.25) is 0 Å². The van der Waals surface area contributed by atoms with E-state index >= 15 is 0 Å². The Hall–Kier alpha value is -1.62. The molecule has 0 saturated heterocycles. The van der Waals surface area contributed by atoms with Gasteiger partial charge in [-0.2, -0.15) is 0 Å². The van der Waals surface area contributed by atoms with E-state index in [1.54, 1.807) is 12.1 Å². The van der Waals surface area contributed by atoms with Gasteiger partial charge in [-0.1, -0.05) is 13.8 Å². The fourth-order valence-corrected chi connectivity index (χ4v) is 3.34. The van der Waals surface area contributed by atoms with Crippen LogP contribution in [0.4, 0.5) is 0 Å². The average Bonchev–Trinajstić information content (AvgIpc) is 2.98. The number of thiophene rings is 1. The molecular formula is C15H19NO3S. The second-order valence-corrected chi connectivity index (χ2v) is 6.48. The van der Waals surface area contributed by atoms with Crippen LogP contribution in [-0.2, 0) is 4.79 Å². The molecule has 1 fully saturated rings. The van der Waals surface area contributed by atoms with Gasteiger partial charge in [0, 0.05) is 17.0 Å². The highest BCUT2D eigenvalue weighted by atomic mass is 32.1. The van der Waals surface area contributed by atoms with Crippen LogP contribution in [0.25, 0.3) is 6.08 Å². The van der Waals surface area contributed by atoms with Gasteiger partial charge in [0.25, 0.3) is 5.91 Å². The zero-order chi connectivity index (χ0) is 14.7. The summed E-state index contributed by atoms with van der Waals surface area (Å²) in [5.74, 6) is 0.108. The van der Waals surface area contributed by atoms with Gasteiger partial charge in [-0.05, 0) is 42.9 Å². The molecule has 0 spiro atoms. The smallest absolute Gasteiger partial charge is 0.328 e. The Morgan fingerprint density at radius 3 is 2.70 bits per heavy atom. The number of hydrogen-bond donors (Lipinski definition) is 2. The van der Waals surface area contributed by atoms with E-state index in [1.165, 1.54) is 17.4 Å². The van der Waals surface area contributed by atoms with Crippen LogP contribution >= 0.6 is 11.3 Å². The van der Waals surface area contributed by atoms with E-state index in [1.807, 2.05) is 0 Å². The van der Waals surface area contributed by atoms with E-state index in [-0.39, 0.29) is 11.9 Å². The van der Waals surface area contributed by atoms with E-state index in [9.17, 15) is 9.59 Å². The van der Waals surface area contributed by atoms with Crippen LogP contribution in [0.3, 0.4) is 0 Å². The van der Waals surface area contributed by atoms with Gasteiger partial charge in [0.15, 0.2) is 0 Å². The van der Waals surface area contributed by atoms with Gasteiger partial charge in [0.05, 0.1) is 4.88 Å². The molecular weight excluding hydrogens is 274 g/mol. The van der Waals surface area contributed by atoms with Gasteiger partial charge < -0.3 is 10.4 Å². The first-order valence-corrected chi connectivity index (χ1v) is 7.60. The summed E-state index contributed by atoms with van der Waals surface area (Å²) in [6, 6.07) is 3.75. The number of nitrogens with one attached hydrogen (secondary N) is 1. The quantitative estimate of drug-likeness (QED) is 0.839. The van der Waals surface area contributed by atoms with Crippen molar-refractivity contribution in [2.45, 2.75) is 32.7 Å². The second-order valence-electron chi connectivity index (χ2n) is 5.37. The van der Waals surface area contributed by atoms with Crippen molar-refractivity contribution in [2.24, 2.45) is 11.8 Å². The third-order valence-corrected chi connectivity index (χ3v) is 5.07. The lowest BCUT2D eigenvalue weighted by Crippen LogP contribution is -2.36. The Morgan fingerprint density at radius 2 is 2.10 bits per heavy atom. The molecule has 1 aromatic rings. The minimum atomic E-state index is -0.988. The van der Waals surface area contributed by atoms with Crippen LogP contribution in [0.2, 0.25) is 0 Å². The predicted octanol–water partition coefficient (Wildman–Crippen LogP) is 3.01. The number of carbonyl (C=O) groups is 2. The number of amides is 1. The molecule has 0 aromatic carbocycles. The summed E-state index contributed by atoms with van der Waals surface area (Å²) in [6.45, 7) is 4.40. The fraction of sp³-hybridized carbons (Fsp3) is 0.467. The SMILES string of the molecule is CC1CCC(NC(=O)c2ccc(C=CC(=O)O)s2)C1C. The summed E-state index contributed by atoms with van der Waals surface area (Å²) >= 11 is 1.31. The van der Waals surface area contributed by atoms with Crippen molar-refractivity contribution < 1.29 is 14.7 Å². The lowest BCUT2D eigenvalue weighted by molar-refractivity contribution is -0.131. The topological polar surface area (TPSA) is 66.4 Å². The van der Waals surface area contributed by atoms with Crippen LogP contribution in [0.15, 0.2) is 18.2 Å². The first-order chi connectivity index (χ1) is 9.47. The van der Waals surface area contributed by atoms with Crippen molar-refractivity contribution in [3.63, 3.8) is 0 Å². The lowest BCUT2D eigenvalue weighted by Gasteiger charge is -2.19. The molecule has 1 aliphatic rings. The van der Waals surface area contributed by atoms with Crippen molar-refractivity contribution in [2.75, 3.05) is 0 Å². The Kier molecular flexibility index (Phi) is 4.60. The summed E-state index contributed by atoms with van der Waals surface area (Å²) in [7, 11) is 0. The number of aliphatic carboxylic acids is 1. The molecule has 2 N–H and O–H groups in total. The van der Waals surface area contributed by atoms with E-state index in [2.05, 4.69) is 19.2 Å². The molecule has 0 bridgehead atoms. The van der Waals surface area contributed by atoms with Gasteiger partial charge in [-0.3, -0.25) is 4.79 Å². The van der Waals surface area contributed by atoms with E-state index in [4.69, 9.17) is 5.11 Å². The first-order valence-electron chi connectivity index (χ1n) is 6.79. The molecule has 20 heavy (non-hydrogen) atoms. The molecule has 3 unspecified atom stereocenters. The molecule has 0 aliphatic heterocycles. The molecule has 5 heteroatoms. The minimum Gasteiger partial charge on any atom is -0.478 e. The van der Waals surface area contributed by atoms with E-state index < -0.39 is 5.97 Å². The molecule has 1 saturated carbocycles. The second kappa shape index (κ2) is 6.22. The fourth-order valence-electron chi connectivity index (χ4n) is 2.53. The van der Waals surface area contributed by atoms with Gasteiger partial charge in [0.1, 0.15) is 0 Å². The molecule has 1 aliphatic carbocycles. The van der Waals surface area contributed by atoms with E-state index in [0.717, 1.165) is 23.8 Å². The maximum Gasteiger partial charge on any atom is 0.328 e.